The quantitative estimate of drug-likeness (QED) is 0.693. The van der Waals surface area contributed by atoms with Crippen LogP contribution < -0.4 is 4.90 Å². The topological polar surface area (TPSA) is 71.3 Å². The van der Waals surface area contributed by atoms with Gasteiger partial charge in [-0.25, -0.2) is 26.8 Å². The van der Waals surface area contributed by atoms with E-state index < -0.39 is 15.3 Å². The lowest BCUT2D eigenvalue weighted by atomic mass is 10.2. The molecule has 0 radical (unpaired) electrons. The van der Waals surface area contributed by atoms with Gasteiger partial charge in [-0.15, -0.1) is 0 Å². The number of sulfonamides is 1. The van der Waals surface area contributed by atoms with Gasteiger partial charge in [0.15, 0.2) is 0 Å². The van der Waals surface area contributed by atoms with Crippen molar-refractivity contribution in [3.63, 3.8) is 0 Å². The highest BCUT2D eigenvalue weighted by atomic mass is 32.2. The zero-order chi connectivity index (χ0) is 18.5. The lowest BCUT2D eigenvalue weighted by Crippen LogP contribution is -2.57. The van der Waals surface area contributed by atoms with E-state index in [1.54, 1.807) is 37.1 Å². The first-order valence-corrected chi connectivity index (χ1v) is 9.62. The number of aromatic nitrogens is 3. The SMILES string of the molecule is CN(C)S(=O)(=O)C1CN(c2cc3nn(-c4ccc(F)cc4)cc3cn2)C1. The van der Waals surface area contributed by atoms with E-state index in [0.29, 0.717) is 18.9 Å². The molecule has 0 aliphatic carbocycles. The van der Waals surface area contributed by atoms with E-state index in [2.05, 4.69) is 10.1 Å². The summed E-state index contributed by atoms with van der Waals surface area (Å²) in [5, 5.41) is 4.96. The van der Waals surface area contributed by atoms with Gasteiger partial charge in [0, 0.05) is 51.0 Å². The first-order chi connectivity index (χ1) is 12.3. The Morgan fingerprint density at radius 2 is 1.88 bits per heavy atom. The van der Waals surface area contributed by atoms with Crippen LogP contribution in [0.2, 0.25) is 0 Å². The molecule has 1 fully saturated rings. The van der Waals surface area contributed by atoms with Gasteiger partial charge >= 0.3 is 0 Å². The maximum Gasteiger partial charge on any atom is 0.219 e. The van der Waals surface area contributed by atoms with Gasteiger partial charge in [0.05, 0.1) is 11.2 Å². The van der Waals surface area contributed by atoms with Crippen molar-refractivity contribution in [2.75, 3.05) is 32.1 Å². The van der Waals surface area contributed by atoms with Gasteiger partial charge in [-0.3, -0.25) is 0 Å². The minimum absolute atomic E-state index is 0.297. The molecule has 3 heterocycles. The minimum atomic E-state index is -3.25. The third kappa shape index (κ3) is 2.82. The van der Waals surface area contributed by atoms with Gasteiger partial charge < -0.3 is 4.90 Å². The Morgan fingerprint density at radius 1 is 1.19 bits per heavy atom. The Hall–Kier alpha value is -2.52. The summed E-state index contributed by atoms with van der Waals surface area (Å²) in [6.45, 7) is 0.829. The molecule has 1 saturated heterocycles. The molecular formula is C17H18FN5O2S. The Kier molecular flexibility index (Phi) is 3.92. The van der Waals surface area contributed by atoms with Crippen molar-refractivity contribution < 1.29 is 12.8 Å². The summed E-state index contributed by atoms with van der Waals surface area (Å²) >= 11 is 0. The molecule has 4 rings (SSSR count). The van der Waals surface area contributed by atoms with E-state index in [0.717, 1.165) is 16.6 Å². The van der Waals surface area contributed by atoms with Crippen LogP contribution in [-0.4, -0.2) is 59.9 Å². The summed E-state index contributed by atoms with van der Waals surface area (Å²) in [4.78, 5) is 6.33. The second-order valence-corrected chi connectivity index (χ2v) is 8.93. The van der Waals surface area contributed by atoms with Gasteiger partial charge in [0.2, 0.25) is 10.0 Å². The van der Waals surface area contributed by atoms with Crippen LogP contribution in [0.4, 0.5) is 10.2 Å². The van der Waals surface area contributed by atoms with E-state index in [9.17, 15) is 12.8 Å². The molecule has 2 aromatic heterocycles. The Bertz CT molecular complexity index is 1060. The van der Waals surface area contributed by atoms with Gasteiger partial charge in [-0.05, 0) is 24.3 Å². The first-order valence-electron chi connectivity index (χ1n) is 8.12. The van der Waals surface area contributed by atoms with Crippen LogP contribution in [0.1, 0.15) is 0 Å². The van der Waals surface area contributed by atoms with Crippen molar-refractivity contribution in [3.05, 3.63) is 48.5 Å². The normalized spacial score (nSPS) is 15.6. The van der Waals surface area contributed by atoms with Gasteiger partial charge in [0.25, 0.3) is 0 Å². The standard InChI is InChI=1S/C17H18FN5O2S/c1-21(2)26(24,25)15-10-22(11-15)17-7-16-12(8-19-17)9-23(20-16)14-5-3-13(18)4-6-14/h3-9,15H,10-11H2,1-2H3. The first kappa shape index (κ1) is 16.9. The molecule has 136 valence electrons. The molecule has 7 nitrogen and oxygen atoms in total. The minimum Gasteiger partial charge on any atom is -0.354 e. The monoisotopic (exact) mass is 375 g/mol. The van der Waals surface area contributed by atoms with Gasteiger partial charge in [0.1, 0.15) is 16.9 Å². The average molecular weight is 375 g/mol. The molecular weight excluding hydrogens is 357 g/mol. The van der Waals surface area contributed by atoms with E-state index in [1.165, 1.54) is 16.4 Å². The molecule has 1 aromatic carbocycles. The summed E-state index contributed by atoms with van der Waals surface area (Å²) in [5.74, 6) is 0.404. The summed E-state index contributed by atoms with van der Waals surface area (Å²) in [5.41, 5.74) is 1.50. The molecule has 0 atom stereocenters. The van der Waals surface area contributed by atoms with E-state index in [4.69, 9.17) is 0 Å². The van der Waals surface area contributed by atoms with Crippen molar-refractivity contribution in [2.24, 2.45) is 0 Å². The zero-order valence-electron chi connectivity index (χ0n) is 14.4. The number of pyridine rings is 1. The van der Waals surface area contributed by atoms with Crippen LogP contribution in [0.25, 0.3) is 16.6 Å². The average Bonchev–Trinajstić information content (AvgIpc) is 2.97. The number of rotatable bonds is 4. The van der Waals surface area contributed by atoms with Crippen molar-refractivity contribution in [2.45, 2.75) is 5.25 Å². The summed E-state index contributed by atoms with van der Waals surface area (Å²) in [7, 11) is -0.153. The maximum atomic E-state index is 13.1. The fraction of sp³-hybridized carbons (Fsp3) is 0.294. The largest absolute Gasteiger partial charge is 0.354 e. The van der Waals surface area contributed by atoms with Crippen LogP contribution in [0.3, 0.4) is 0 Å². The molecule has 0 N–H and O–H groups in total. The number of halogens is 1. The smallest absolute Gasteiger partial charge is 0.219 e. The molecule has 3 aromatic rings. The number of hydrogen-bond acceptors (Lipinski definition) is 5. The highest BCUT2D eigenvalue weighted by Gasteiger charge is 2.39. The fourth-order valence-corrected chi connectivity index (χ4v) is 4.25. The lowest BCUT2D eigenvalue weighted by molar-refractivity contribution is 0.479. The predicted molar refractivity (Wildman–Crippen MR) is 97.4 cm³/mol. The summed E-state index contributed by atoms with van der Waals surface area (Å²) in [6.07, 6.45) is 3.54. The molecule has 0 amide bonds. The summed E-state index contributed by atoms with van der Waals surface area (Å²) < 4.78 is 40.2. The predicted octanol–water partition coefficient (Wildman–Crippen LogP) is 1.64. The second kappa shape index (κ2) is 6.03. The highest BCUT2D eigenvalue weighted by Crippen LogP contribution is 2.26. The third-order valence-electron chi connectivity index (χ3n) is 4.57. The van der Waals surface area contributed by atoms with Gasteiger partial charge in [-0.2, -0.15) is 5.10 Å². The Labute approximate surface area is 150 Å². The van der Waals surface area contributed by atoms with Crippen LogP contribution in [0.15, 0.2) is 42.7 Å². The second-order valence-electron chi connectivity index (χ2n) is 6.51. The molecule has 0 bridgehead atoms. The molecule has 0 saturated carbocycles. The van der Waals surface area contributed by atoms with Crippen molar-refractivity contribution >= 4 is 26.7 Å². The molecule has 26 heavy (non-hydrogen) atoms. The van der Waals surface area contributed by atoms with Crippen molar-refractivity contribution in [3.8, 4) is 5.69 Å². The molecule has 0 spiro atoms. The molecule has 1 aliphatic heterocycles. The summed E-state index contributed by atoms with van der Waals surface area (Å²) in [6, 6.07) is 7.92. The lowest BCUT2D eigenvalue weighted by Gasteiger charge is -2.40. The van der Waals surface area contributed by atoms with Crippen LogP contribution in [-0.2, 0) is 10.0 Å². The number of benzene rings is 1. The maximum absolute atomic E-state index is 13.1. The molecule has 0 unspecified atom stereocenters. The third-order valence-corrected chi connectivity index (χ3v) is 6.73. The Balaban J connectivity index is 1.57. The molecule has 9 heteroatoms. The number of nitrogens with zero attached hydrogens (tertiary/aromatic N) is 5. The van der Waals surface area contributed by atoms with Crippen LogP contribution in [0, 0.1) is 5.82 Å². The zero-order valence-corrected chi connectivity index (χ0v) is 15.2. The number of hydrogen-bond donors (Lipinski definition) is 0. The number of fused-ring (bicyclic) bond motifs is 1. The van der Waals surface area contributed by atoms with Crippen molar-refractivity contribution in [1.29, 1.82) is 0 Å². The fourth-order valence-electron chi connectivity index (χ4n) is 2.92. The van der Waals surface area contributed by atoms with E-state index in [1.807, 2.05) is 17.2 Å². The van der Waals surface area contributed by atoms with E-state index in [-0.39, 0.29) is 5.82 Å². The van der Waals surface area contributed by atoms with Gasteiger partial charge in [-0.1, -0.05) is 0 Å². The van der Waals surface area contributed by atoms with Crippen molar-refractivity contribution in [1.82, 2.24) is 19.1 Å². The van der Waals surface area contributed by atoms with Crippen LogP contribution >= 0.6 is 0 Å². The Morgan fingerprint density at radius 3 is 2.54 bits per heavy atom. The molecule has 1 aliphatic rings. The van der Waals surface area contributed by atoms with E-state index >= 15 is 0 Å². The van der Waals surface area contributed by atoms with Crippen LogP contribution in [0.5, 0.6) is 0 Å². The number of anilines is 1. The highest BCUT2D eigenvalue weighted by molar-refractivity contribution is 7.89.